The van der Waals surface area contributed by atoms with Gasteiger partial charge in [-0.1, -0.05) is 23.7 Å². The first-order chi connectivity index (χ1) is 23.5. The van der Waals surface area contributed by atoms with Crippen LogP contribution in [-0.2, 0) is 31.5 Å². The summed E-state index contributed by atoms with van der Waals surface area (Å²) < 4.78 is 45.0. The van der Waals surface area contributed by atoms with E-state index in [0.29, 0.717) is 24.9 Å². The zero-order valence-corrected chi connectivity index (χ0v) is 29.9. The van der Waals surface area contributed by atoms with Gasteiger partial charge in [-0.15, -0.1) is 0 Å². The molecule has 5 aliphatic rings. The molecule has 2 unspecified atom stereocenters. The van der Waals surface area contributed by atoms with Crippen LogP contribution in [0.5, 0.6) is 5.75 Å². The number of hydrogen-bond donors (Lipinski definition) is 2. The van der Waals surface area contributed by atoms with E-state index in [1.807, 2.05) is 13.0 Å². The molecule has 1 saturated carbocycles. The van der Waals surface area contributed by atoms with Gasteiger partial charge in [-0.05, 0) is 123 Å². The van der Waals surface area contributed by atoms with Crippen molar-refractivity contribution < 1.29 is 32.5 Å². The fourth-order valence-corrected chi connectivity index (χ4v) is 10.3. The molecule has 1 saturated heterocycles. The van der Waals surface area contributed by atoms with Crippen molar-refractivity contribution in [3.63, 3.8) is 0 Å². The third-order valence-corrected chi connectivity index (χ3v) is 13.3. The Hall–Kier alpha value is -2.67. The van der Waals surface area contributed by atoms with E-state index in [1.165, 1.54) is 21.0 Å². The second kappa shape index (κ2) is 13.8. The SMILES string of the molecule is CO[C@@H](C1=CC([C@H](C)N(CC2CCCO2)S(N)(=O)=O)C1)[C@@H]1CC[C@H]1CN1C[C@@]2(CCCc3cc(Cl)ccc32)COc2ccc(C(=O)O)cc21. The molecule has 7 rings (SSSR count). The lowest BCUT2D eigenvalue weighted by atomic mass is 9.65. The number of aryl methyl sites for hydroxylation is 1. The van der Waals surface area contributed by atoms with E-state index in [0.717, 1.165) is 75.2 Å². The number of carboxylic acids is 1. The van der Waals surface area contributed by atoms with Gasteiger partial charge in [0.25, 0.3) is 10.2 Å². The smallest absolute Gasteiger partial charge is 0.335 e. The predicted molar refractivity (Wildman–Crippen MR) is 189 cm³/mol. The standard InChI is InChI=1S/C37H48ClN3O7S/c1-23(41(49(39,44)45)20-30-6-4-14-47-30)27-15-28(16-27)35(46-2)31-10-7-26(31)19-40-21-37(13-3-5-24-17-29(38)9-11-32(24)37)22-48-34-12-8-25(36(42)43)18-33(34)40/h8-9,11-12,15,17-18,23,26-27,30-31,35H,3-7,10,13-14,16,19-22H2,1-2H3,(H,42,43)(H2,39,44,45)/t23-,26-,27?,30?,31+,35-,37-/m0/s1. The van der Waals surface area contributed by atoms with Crippen LogP contribution in [0.15, 0.2) is 48.0 Å². The zero-order chi connectivity index (χ0) is 34.5. The molecule has 12 heteroatoms. The van der Waals surface area contributed by atoms with Crippen molar-refractivity contribution in [1.29, 1.82) is 0 Å². The molecule has 0 radical (unpaired) electrons. The van der Waals surface area contributed by atoms with Crippen LogP contribution < -0.4 is 14.8 Å². The van der Waals surface area contributed by atoms with Crippen LogP contribution in [0.1, 0.15) is 73.4 Å². The average Bonchev–Trinajstić information content (AvgIpc) is 3.50. The van der Waals surface area contributed by atoms with Gasteiger partial charge in [0.1, 0.15) is 5.75 Å². The van der Waals surface area contributed by atoms with E-state index < -0.39 is 16.2 Å². The summed E-state index contributed by atoms with van der Waals surface area (Å²) in [5, 5.41) is 16.3. The summed E-state index contributed by atoms with van der Waals surface area (Å²) in [4.78, 5) is 14.4. The Morgan fingerprint density at radius 2 is 2.02 bits per heavy atom. The molecule has 49 heavy (non-hydrogen) atoms. The Morgan fingerprint density at radius 1 is 1.20 bits per heavy atom. The largest absolute Gasteiger partial charge is 0.490 e. The molecule has 266 valence electrons. The van der Waals surface area contributed by atoms with Crippen LogP contribution in [0.2, 0.25) is 5.02 Å². The fraction of sp³-hybridized carbons (Fsp3) is 0.595. The van der Waals surface area contributed by atoms with E-state index in [-0.39, 0.29) is 47.6 Å². The molecule has 2 aromatic carbocycles. The number of carboxylic acid groups (broad SMARTS) is 1. The first kappa shape index (κ1) is 34.8. The van der Waals surface area contributed by atoms with Crippen molar-refractivity contribution in [3.8, 4) is 5.75 Å². The van der Waals surface area contributed by atoms with Crippen LogP contribution >= 0.6 is 11.6 Å². The molecule has 10 nitrogen and oxygen atoms in total. The normalized spacial score (nSPS) is 29.2. The second-order valence-corrected chi connectivity index (χ2v) is 16.8. The summed E-state index contributed by atoms with van der Waals surface area (Å²) in [5.41, 5.74) is 4.56. The van der Waals surface area contributed by atoms with Gasteiger partial charge in [0, 0.05) is 49.8 Å². The summed E-state index contributed by atoms with van der Waals surface area (Å²) in [6.07, 6.45) is 9.59. The lowest BCUT2D eigenvalue weighted by Gasteiger charge is -2.48. The lowest BCUT2D eigenvalue weighted by molar-refractivity contribution is -0.00107. The molecule has 7 atom stereocenters. The van der Waals surface area contributed by atoms with Gasteiger partial charge in [-0.2, -0.15) is 12.7 Å². The average molecular weight is 714 g/mol. The van der Waals surface area contributed by atoms with Gasteiger partial charge < -0.3 is 24.2 Å². The number of ether oxygens (including phenoxy) is 3. The highest BCUT2D eigenvalue weighted by atomic mass is 35.5. The highest BCUT2D eigenvalue weighted by Crippen LogP contribution is 2.49. The molecule has 3 aliphatic carbocycles. The van der Waals surface area contributed by atoms with Crippen LogP contribution in [0, 0.1) is 17.8 Å². The van der Waals surface area contributed by atoms with Crippen LogP contribution in [-0.4, -0.2) is 82.0 Å². The number of nitrogens with zero attached hydrogens (tertiary/aromatic N) is 2. The van der Waals surface area contributed by atoms with Crippen LogP contribution in [0.3, 0.4) is 0 Å². The van der Waals surface area contributed by atoms with E-state index >= 15 is 0 Å². The highest BCUT2D eigenvalue weighted by Gasteiger charge is 2.47. The molecule has 0 bridgehead atoms. The summed E-state index contributed by atoms with van der Waals surface area (Å²) in [6, 6.07) is 11.1. The lowest BCUT2D eigenvalue weighted by Crippen LogP contribution is -2.52. The number of hydrogen-bond acceptors (Lipinski definition) is 7. The molecule has 2 heterocycles. The minimum Gasteiger partial charge on any atom is -0.490 e. The topological polar surface area (TPSA) is 132 Å². The number of rotatable bonds is 11. The summed E-state index contributed by atoms with van der Waals surface area (Å²) in [7, 11) is -2.12. The number of fused-ring (bicyclic) bond motifs is 3. The molecular weight excluding hydrogens is 666 g/mol. The minimum atomic E-state index is -3.89. The Kier molecular flexibility index (Phi) is 9.79. The summed E-state index contributed by atoms with van der Waals surface area (Å²) in [6.45, 7) is 4.85. The number of anilines is 1. The predicted octanol–water partition coefficient (Wildman–Crippen LogP) is 5.57. The zero-order valence-electron chi connectivity index (χ0n) is 28.4. The van der Waals surface area contributed by atoms with Crippen molar-refractivity contribution in [3.05, 3.63) is 69.8 Å². The van der Waals surface area contributed by atoms with Crippen LogP contribution in [0.25, 0.3) is 0 Å². The first-order valence-electron chi connectivity index (χ1n) is 17.6. The van der Waals surface area contributed by atoms with Gasteiger partial charge >= 0.3 is 5.97 Å². The number of aromatic carboxylic acids is 1. The van der Waals surface area contributed by atoms with Crippen molar-refractivity contribution in [2.75, 3.05) is 44.9 Å². The number of carbonyl (C=O) groups is 1. The molecule has 0 aromatic heterocycles. The Labute approximate surface area is 294 Å². The maximum atomic E-state index is 12.6. The van der Waals surface area contributed by atoms with E-state index in [2.05, 4.69) is 23.1 Å². The first-order valence-corrected chi connectivity index (χ1v) is 19.5. The molecule has 1 spiro atoms. The molecule has 2 aromatic rings. The van der Waals surface area contributed by atoms with Crippen molar-refractivity contribution >= 4 is 33.5 Å². The van der Waals surface area contributed by atoms with Crippen molar-refractivity contribution in [1.82, 2.24) is 4.31 Å². The van der Waals surface area contributed by atoms with Crippen LogP contribution in [0.4, 0.5) is 5.69 Å². The molecule has 2 aliphatic heterocycles. The van der Waals surface area contributed by atoms with Gasteiger partial charge in [0.15, 0.2) is 0 Å². The van der Waals surface area contributed by atoms with Gasteiger partial charge in [0.05, 0.1) is 30.1 Å². The number of benzene rings is 2. The summed E-state index contributed by atoms with van der Waals surface area (Å²) in [5.74, 6) is 0.417. The number of methoxy groups -OCH3 is 1. The van der Waals surface area contributed by atoms with E-state index in [9.17, 15) is 18.3 Å². The minimum absolute atomic E-state index is 0.0507. The van der Waals surface area contributed by atoms with Crippen molar-refractivity contribution in [2.45, 2.75) is 82.0 Å². The number of nitrogens with two attached hydrogens (primary N) is 1. The Morgan fingerprint density at radius 3 is 2.69 bits per heavy atom. The van der Waals surface area contributed by atoms with Gasteiger partial charge in [0.2, 0.25) is 0 Å². The Balaban J connectivity index is 1.12. The second-order valence-electron chi connectivity index (χ2n) is 14.8. The third kappa shape index (κ3) is 6.87. The quantitative estimate of drug-likeness (QED) is 0.289. The molecular formula is C37H48ClN3O7S. The van der Waals surface area contributed by atoms with E-state index in [1.54, 1.807) is 25.3 Å². The number of halogens is 1. The van der Waals surface area contributed by atoms with Gasteiger partial charge in [-0.3, -0.25) is 0 Å². The van der Waals surface area contributed by atoms with Gasteiger partial charge in [-0.25, -0.2) is 9.93 Å². The maximum Gasteiger partial charge on any atom is 0.335 e. The molecule has 0 amide bonds. The highest BCUT2D eigenvalue weighted by molar-refractivity contribution is 7.86. The fourth-order valence-electron chi connectivity index (χ4n) is 9.09. The molecule has 2 fully saturated rings. The van der Waals surface area contributed by atoms with E-state index in [4.69, 9.17) is 31.0 Å². The summed E-state index contributed by atoms with van der Waals surface area (Å²) >= 11 is 6.42. The monoisotopic (exact) mass is 713 g/mol. The maximum absolute atomic E-state index is 12.6. The molecule has 3 N–H and O–H groups in total. The van der Waals surface area contributed by atoms with Crippen molar-refractivity contribution in [2.24, 2.45) is 22.9 Å². The Bertz CT molecular complexity index is 1710. The third-order valence-electron chi connectivity index (χ3n) is 11.9.